The normalized spacial score (nSPS) is 16.9. The topological polar surface area (TPSA) is 104 Å². The van der Waals surface area contributed by atoms with E-state index in [9.17, 15) is 14.3 Å². The molecule has 4 N–H and O–H groups in total. The highest BCUT2D eigenvalue weighted by atomic mass is 35.5. The van der Waals surface area contributed by atoms with Crippen molar-refractivity contribution in [3.05, 3.63) is 71.3 Å². The zero-order valence-electron chi connectivity index (χ0n) is 20.3. The van der Waals surface area contributed by atoms with Crippen molar-refractivity contribution >= 4 is 57.9 Å². The van der Waals surface area contributed by atoms with E-state index < -0.39 is 11.6 Å². The van der Waals surface area contributed by atoms with Crippen LogP contribution in [0, 0.1) is 11.7 Å². The molecule has 6 rings (SSSR count). The predicted molar refractivity (Wildman–Crippen MR) is 150 cm³/mol. The second kappa shape index (κ2) is 10.4. The number of aromatic nitrogens is 2. The Morgan fingerprint density at radius 2 is 1.89 bits per heavy atom. The second-order valence-corrected chi connectivity index (χ2v) is 10.1. The Kier molecular flexibility index (Phi) is 7.13. The predicted octanol–water partition coefficient (Wildman–Crippen LogP) is 6.09. The zero-order valence-corrected chi connectivity index (χ0v) is 21.9. The Hall–Kier alpha value is -3.46. The van der Waals surface area contributed by atoms with Gasteiger partial charge in [-0.15, -0.1) is 12.4 Å². The number of Topliss-reactive ketones (excluding diaryl/α,β-unsaturated/α-hetero) is 1. The SMILES string of the molecule is Cl.NC1CCN(c2ccc(Nc3c(C(=O)C4CC4)cnc4ccc(-c5cc(F)c(O)c(Cl)c5)cc34)cn2)C1. The van der Waals surface area contributed by atoms with Crippen LogP contribution in [-0.4, -0.2) is 40.0 Å². The quantitative estimate of drug-likeness (QED) is 0.248. The molecule has 1 atom stereocenters. The van der Waals surface area contributed by atoms with E-state index in [4.69, 9.17) is 17.3 Å². The molecule has 0 radical (unpaired) electrons. The van der Waals surface area contributed by atoms with Crippen LogP contribution in [0.25, 0.3) is 22.0 Å². The lowest BCUT2D eigenvalue weighted by Crippen LogP contribution is -2.26. The van der Waals surface area contributed by atoms with Gasteiger partial charge in [0.1, 0.15) is 5.82 Å². The lowest BCUT2D eigenvalue weighted by Gasteiger charge is -2.18. The molecule has 2 aromatic heterocycles. The summed E-state index contributed by atoms with van der Waals surface area (Å²) in [4.78, 5) is 24.5. The first-order valence-electron chi connectivity index (χ1n) is 12.3. The number of carbonyl (C=O) groups is 1. The number of benzene rings is 2. The Bertz CT molecular complexity index is 1510. The van der Waals surface area contributed by atoms with Gasteiger partial charge in [0.25, 0.3) is 0 Å². The summed E-state index contributed by atoms with van der Waals surface area (Å²) < 4.78 is 14.2. The number of halogens is 3. The number of aromatic hydroxyl groups is 1. The molecule has 1 aliphatic heterocycles. The van der Waals surface area contributed by atoms with Gasteiger partial charge in [-0.2, -0.15) is 0 Å². The number of rotatable bonds is 6. The van der Waals surface area contributed by atoms with Gasteiger partial charge in [-0.25, -0.2) is 9.37 Å². The summed E-state index contributed by atoms with van der Waals surface area (Å²) in [5.41, 5.74) is 9.77. The first kappa shape index (κ1) is 26.2. The summed E-state index contributed by atoms with van der Waals surface area (Å²) in [6.45, 7) is 1.65. The molecule has 1 saturated heterocycles. The number of hydrogen-bond donors (Lipinski definition) is 3. The van der Waals surface area contributed by atoms with E-state index in [1.54, 1.807) is 18.5 Å². The molecular weight excluding hydrogens is 528 g/mol. The average molecular weight is 554 g/mol. The van der Waals surface area contributed by atoms with Crippen molar-refractivity contribution in [1.29, 1.82) is 0 Å². The lowest BCUT2D eigenvalue weighted by atomic mass is 9.98. The van der Waals surface area contributed by atoms with Crippen LogP contribution >= 0.6 is 24.0 Å². The number of fused-ring (bicyclic) bond motifs is 1. The van der Waals surface area contributed by atoms with E-state index in [0.29, 0.717) is 33.3 Å². The van der Waals surface area contributed by atoms with Gasteiger partial charge in [-0.3, -0.25) is 9.78 Å². The van der Waals surface area contributed by atoms with E-state index in [1.165, 1.54) is 12.1 Å². The Morgan fingerprint density at radius 1 is 1.08 bits per heavy atom. The van der Waals surface area contributed by atoms with Crippen LogP contribution in [0.1, 0.15) is 29.6 Å². The van der Waals surface area contributed by atoms with Crippen LogP contribution in [0.2, 0.25) is 5.02 Å². The van der Waals surface area contributed by atoms with E-state index in [1.807, 2.05) is 24.3 Å². The summed E-state index contributed by atoms with van der Waals surface area (Å²) in [7, 11) is 0. The van der Waals surface area contributed by atoms with Gasteiger partial charge in [-0.1, -0.05) is 17.7 Å². The molecule has 0 spiro atoms. The number of nitrogens with zero attached hydrogens (tertiary/aromatic N) is 3. The Morgan fingerprint density at radius 3 is 2.55 bits per heavy atom. The minimum atomic E-state index is -0.804. The first-order valence-corrected chi connectivity index (χ1v) is 12.6. The maximum absolute atomic E-state index is 14.2. The molecule has 3 heterocycles. The number of nitrogens with two attached hydrogens (primary N) is 1. The van der Waals surface area contributed by atoms with Gasteiger partial charge in [0.05, 0.1) is 33.7 Å². The third-order valence-corrected chi connectivity index (χ3v) is 7.29. The van der Waals surface area contributed by atoms with E-state index in [0.717, 1.165) is 43.9 Å². The molecule has 38 heavy (non-hydrogen) atoms. The molecule has 0 bridgehead atoms. The van der Waals surface area contributed by atoms with Gasteiger partial charge in [0, 0.05) is 36.6 Å². The monoisotopic (exact) mass is 553 g/mol. The molecule has 0 amide bonds. The highest BCUT2D eigenvalue weighted by molar-refractivity contribution is 6.32. The molecule has 1 unspecified atom stereocenters. The fourth-order valence-electron chi connectivity index (χ4n) is 4.78. The fourth-order valence-corrected chi connectivity index (χ4v) is 4.99. The van der Waals surface area contributed by atoms with Crippen molar-refractivity contribution in [3.63, 3.8) is 0 Å². The summed E-state index contributed by atoms with van der Waals surface area (Å²) in [6, 6.07) is 12.2. The first-order chi connectivity index (χ1) is 17.9. The summed E-state index contributed by atoms with van der Waals surface area (Å²) in [5.74, 6) is -0.466. The number of anilines is 3. The molecule has 1 saturated carbocycles. The number of carbonyl (C=O) groups excluding carboxylic acids is 1. The number of hydrogen-bond acceptors (Lipinski definition) is 7. The van der Waals surface area contributed by atoms with Crippen molar-refractivity contribution in [2.24, 2.45) is 11.7 Å². The molecule has 10 heteroatoms. The highest BCUT2D eigenvalue weighted by Gasteiger charge is 2.32. The van der Waals surface area contributed by atoms with Gasteiger partial charge in [0.2, 0.25) is 0 Å². The Labute approximate surface area is 230 Å². The standard InChI is InChI=1S/C28H25ClFN5O2.ClH/c29-22-10-17(11-23(30)28(22)37)16-3-5-24-20(9-16)26(21(13-32-24)27(36)15-1-2-15)34-19-4-6-25(33-12-19)35-8-7-18(31)14-35;/h3-6,9-13,15,18,37H,1-2,7-8,14,31H2,(H,32,34);1H. The second-order valence-electron chi connectivity index (χ2n) is 9.73. The molecule has 4 aromatic rings. The molecule has 196 valence electrons. The highest BCUT2D eigenvalue weighted by Crippen LogP contribution is 2.39. The molecular formula is C28H26Cl2FN5O2. The molecule has 2 aliphatic rings. The summed E-state index contributed by atoms with van der Waals surface area (Å²) >= 11 is 6.03. The van der Waals surface area contributed by atoms with Gasteiger partial charge < -0.3 is 21.1 Å². The zero-order chi connectivity index (χ0) is 25.7. The van der Waals surface area contributed by atoms with Crippen LogP contribution in [0.3, 0.4) is 0 Å². The van der Waals surface area contributed by atoms with Crippen molar-refractivity contribution in [1.82, 2.24) is 9.97 Å². The summed E-state index contributed by atoms with van der Waals surface area (Å²) in [5, 5.41) is 13.8. The number of pyridine rings is 2. The number of phenols is 1. The van der Waals surface area contributed by atoms with E-state index in [-0.39, 0.29) is 35.2 Å². The third-order valence-electron chi connectivity index (χ3n) is 7.00. The van der Waals surface area contributed by atoms with Gasteiger partial charge in [0.15, 0.2) is 17.3 Å². The third kappa shape index (κ3) is 4.99. The van der Waals surface area contributed by atoms with Crippen LogP contribution in [-0.2, 0) is 0 Å². The van der Waals surface area contributed by atoms with Crippen LogP contribution < -0.4 is 16.0 Å². The molecule has 2 aromatic carbocycles. The van der Waals surface area contributed by atoms with Gasteiger partial charge >= 0.3 is 0 Å². The molecule has 2 fully saturated rings. The molecule has 7 nitrogen and oxygen atoms in total. The van der Waals surface area contributed by atoms with Crippen molar-refractivity contribution < 1.29 is 14.3 Å². The van der Waals surface area contributed by atoms with E-state index >= 15 is 0 Å². The van der Waals surface area contributed by atoms with E-state index in [2.05, 4.69) is 20.2 Å². The number of phenolic OH excluding ortho intramolecular Hbond substituents is 1. The maximum Gasteiger partial charge on any atom is 0.170 e. The number of ketones is 1. The van der Waals surface area contributed by atoms with Crippen LogP contribution in [0.5, 0.6) is 5.75 Å². The largest absolute Gasteiger partial charge is 0.504 e. The van der Waals surface area contributed by atoms with Crippen molar-refractivity contribution in [2.75, 3.05) is 23.3 Å². The lowest BCUT2D eigenvalue weighted by molar-refractivity contribution is 0.0968. The summed E-state index contributed by atoms with van der Waals surface area (Å²) in [6.07, 6.45) is 6.05. The van der Waals surface area contributed by atoms with Crippen LogP contribution in [0.15, 0.2) is 54.9 Å². The minimum absolute atomic E-state index is 0. The smallest absolute Gasteiger partial charge is 0.170 e. The minimum Gasteiger partial charge on any atom is -0.504 e. The van der Waals surface area contributed by atoms with Crippen LogP contribution in [0.4, 0.5) is 21.6 Å². The molecule has 1 aliphatic carbocycles. The number of nitrogens with one attached hydrogen (secondary N) is 1. The maximum atomic E-state index is 14.2. The van der Waals surface area contributed by atoms with Crippen molar-refractivity contribution in [2.45, 2.75) is 25.3 Å². The average Bonchev–Trinajstić information content (AvgIpc) is 3.67. The fraction of sp³-hybridized carbons (Fsp3) is 0.250. The van der Waals surface area contributed by atoms with Crippen molar-refractivity contribution in [3.8, 4) is 16.9 Å². The van der Waals surface area contributed by atoms with Gasteiger partial charge in [-0.05, 0) is 66.8 Å². The Balaban J connectivity index is 0.00000294.